The van der Waals surface area contributed by atoms with E-state index >= 15 is 0 Å². The summed E-state index contributed by atoms with van der Waals surface area (Å²) in [7, 11) is 0. The summed E-state index contributed by atoms with van der Waals surface area (Å²) in [5.74, 6) is -0.481. The highest BCUT2D eigenvalue weighted by atomic mass is 19.4. The topological polar surface area (TPSA) is 75.9 Å². The molecule has 0 aliphatic carbocycles. The highest BCUT2D eigenvalue weighted by Crippen LogP contribution is 2.43. The fourth-order valence-electron chi connectivity index (χ4n) is 4.67. The molecule has 2 aliphatic rings. The molecule has 0 aromatic carbocycles. The fourth-order valence-corrected chi connectivity index (χ4v) is 4.67. The van der Waals surface area contributed by atoms with Gasteiger partial charge in [-0.05, 0) is 20.3 Å². The zero-order chi connectivity index (χ0) is 24.5. The van der Waals surface area contributed by atoms with Crippen LogP contribution in [0.3, 0.4) is 0 Å². The zero-order valence-electron chi connectivity index (χ0n) is 18.2. The largest absolute Gasteiger partial charge is 0.451 e. The molecule has 0 unspecified atom stereocenters. The molecule has 182 valence electrons. The minimum absolute atomic E-state index is 0.0691. The Balaban J connectivity index is 1.33. The van der Waals surface area contributed by atoms with Gasteiger partial charge in [-0.15, -0.1) is 0 Å². The van der Waals surface area contributed by atoms with E-state index in [9.17, 15) is 26.3 Å². The molecular formula is C20H20F6N8. The van der Waals surface area contributed by atoms with E-state index in [4.69, 9.17) is 0 Å². The van der Waals surface area contributed by atoms with Crippen LogP contribution < -0.4 is 9.80 Å². The molecular weight excluding hydrogens is 466 g/mol. The quantitative estimate of drug-likeness (QED) is 0.525. The number of anilines is 2. The van der Waals surface area contributed by atoms with Gasteiger partial charge in [-0.25, -0.2) is 24.6 Å². The molecule has 3 aromatic heterocycles. The first-order valence-corrected chi connectivity index (χ1v) is 10.5. The van der Waals surface area contributed by atoms with E-state index < -0.39 is 24.7 Å². The lowest BCUT2D eigenvalue weighted by atomic mass is 9.79. The van der Waals surface area contributed by atoms with Crippen LogP contribution in [0.2, 0.25) is 0 Å². The third-order valence-electron chi connectivity index (χ3n) is 6.16. The Morgan fingerprint density at radius 2 is 1.65 bits per heavy atom. The second-order valence-corrected chi connectivity index (χ2v) is 8.98. The highest BCUT2D eigenvalue weighted by Gasteiger charge is 2.49. The first kappa shape index (κ1) is 22.6. The van der Waals surface area contributed by atoms with Gasteiger partial charge in [0.1, 0.15) is 23.7 Å². The Morgan fingerprint density at radius 1 is 0.941 bits per heavy atom. The summed E-state index contributed by atoms with van der Waals surface area (Å²) in [6, 6.07) is 1.53. The first-order chi connectivity index (χ1) is 15.8. The van der Waals surface area contributed by atoms with Crippen molar-refractivity contribution < 1.29 is 26.3 Å². The van der Waals surface area contributed by atoms with Crippen molar-refractivity contribution in [1.82, 2.24) is 29.7 Å². The van der Waals surface area contributed by atoms with E-state index in [1.54, 1.807) is 11.8 Å². The summed E-state index contributed by atoms with van der Waals surface area (Å²) in [6.07, 6.45) is -6.78. The van der Waals surface area contributed by atoms with Gasteiger partial charge in [-0.2, -0.15) is 31.4 Å². The molecule has 3 aromatic rings. The maximum absolute atomic E-state index is 13.1. The summed E-state index contributed by atoms with van der Waals surface area (Å²) in [4.78, 5) is 19.6. The van der Waals surface area contributed by atoms with E-state index in [1.165, 1.54) is 19.2 Å². The van der Waals surface area contributed by atoms with E-state index in [2.05, 4.69) is 25.0 Å². The van der Waals surface area contributed by atoms with E-state index in [0.717, 1.165) is 11.1 Å². The zero-order valence-corrected chi connectivity index (χ0v) is 18.2. The number of alkyl halides is 6. The van der Waals surface area contributed by atoms with Crippen LogP contribution in [-0.2, 0) is 12.7 Å². The average molecular weight is 486 g/mol. The van der Waals surface area contributed by atoms with Crippen LogP contribution in [0.25, 0.3) is 11.2 Å². The summed E-state index contributed by atoms with van der Waals surface area (Å²) < 4.78 is 78.8. The molecule has 5 heterocycles. The number of aryl methyl sites for hydroxylation is 2. The number of fused-ring (bicyclic) bond motifs is 1. The summed E-state index contributed by atoms with van der Waals surface area (Å²) >= 11 is 0. The van der Waals surface area contributed by atoms with E-state index in [-0.39, 0.29) is 22.6 Å². The van der Waals surface area contributed by atoms with Crippen molar-refractivity contribution in [2.75, 3.05) is 36.0 Å². The summed E-state index contributed by atoms with van der Waals surface area (Å²) in [6.45, 7) is 4.01. The number of aromatic nitrogens is 6. The minimum atomic E-state index is -4.62. The third-order valence-corrected chi connectivity index (χ3v) is 6.16. The lowest BCUT2D eigenvalue weighted by Crippen LogP contribution is -2.58. The van der Waals surface area contributed by atoms with Gasteiger partial charge in [-0.1, -0.05) is 0 Å². The van der Waals surface area contributed by atoms with Crippen molar-refractivity contribution in [1.29, 1.82) is 0 Å². The van der Waals surface area contributed by atoms with Crippen LogP contribution in [-0.4, -0.2) is 62.1 Å². The minimum Gasteiger partial charge on any atom is -0.355 e. The molecule has 0 amide bonds. The van der Waals surface area contributed by atoms with Crippen molar-refractivity contribution in [2.24, 2.45) is 5.41 Å². The normalized spacial score (nSPS) is 18.2. The van der Waals surface area contributed by atoms with Gasteiger partial charge in [0.25, 0.3) is 0 Å². The van der Waals surface area contributed by atoms with Crippen LogP contribution in [0.1, 0.15) is 23.6 Å². The summed E-state index contributed by atoms with van der Waals surface area (Å²) in [5, 5.41) is 3.93. The number of rotatable bonds is 3. The number of halogens is 6. The molecule has 0 bridgehead atoms. The van der Waals surface area contributed by atoms with Crippen LogP contribution in [0.5, 0.6) is 0 Å². The average Bonchev–Trinajstić information content (AvgIpc) is 3.27. The van der Waals surface area contributed by atoms with Crippen molar-refractivity contribution in [3.8, 4) is 0 Å². The second kappa shape index (κ2) is 7.40. The standard InChI is InChI=1S/C20H20F6N8/c1-11-5-13(30-17(28-11)20(24,25)26)33-8-18(9-33)3-4-32(7-18)14-6-27-15-12(2)31-34(16(15)29-14)10-19(21,22)23/h5-6H,3-4,7-10H2,1-2H3. The molecule has 0 atom stereocenters. The second-order valence-electron chi connectivity index (χ2n) is 8.98. The van der Waals surface area contributed by atoms with Gasteiger partial charge < -0.3 is 9.80 Å². The Hall–Kier alpha value is -3.19. The molecule has 34 heavy (non-hydrogen) atoms. The summed E-state index contributed by atoms with van der Waals surface area (Å²) in [5.41, 5.74) is 0.816. The molecule has 2 fully saturated rings. The van der Waals surface area contributed by atoms with Gasteiger partial charge in [0.2, 0.25) is 5.82 Å². The molecule has 14 heteroatoms. The molecule has 8 nitrogen and oxygen atoms in total. The van der Waals surface area contributed by atoms with Gasteiger partial charge in [0.15, 0.2) is 5.65 Å². The van der Waals surface area contributed by atoms with Gasteiger partial charge >= 0.3 is 12.4 Å². The van der Waals surface area contributed by atoms with Gasteiger partial charge in [-0.3, -0.25) is 0 Å². The van der Waals surface area contributed by atoms with Crippen molar-refractivity contribution in [3.63, 3.8) is 0 Å². The van der Waals surface area contributed by atoms with E-state index in [0.29, 0.717) is 43.2 Å². The fraction of sp³-hybridized carbons (Fsp3) is 0.550. The monoisotopic (exact) mass is 486 g/mol. The maximum atomic E-state index is 13.1. The molecule has 0 radical (unpaired) electrons. The number of nitrogens with zero attached hydrogens (tertiary/aromatic N) is 8. The molecule has 0 saturated carbocycles. The molecule has 5 rings (SSSR count). The lowest BCUT2D eigenvalue weighted by molar-refractivity contribution is -0.145. The Morgan fingerprint density at radius 3 is 2.32 bits per heavy atom. The Bertz CT molecular complexity index is 1240. The highest BCUT2D eigenvalue weighted by molar-refractivity contribution is 5.75. The van der Waals surface area contributed by atoms with E-state index in [1.807, 2.05) is 4.90 Å². The number of hydrogen-bond donors (Lipinski definition) is 0. The lowest BCUT2D eigenvalue weighted by Gasteiger charge is -2.48. The molecule has 2 aliphatic heterocycles. The predicted molar refractivity (Wildman–Crippen MR) is 109 cm³/mol. The predicted octanol–water partition coefficient (Wildman–Crippen LogP) is 3.53. The third kappa shape index (κ3) is 4.09. The molecule has 1 spiro atoms. The van der Waals surface area contributed by atoms with Crippen LogP contribution in [0.4, 0.5) is 38.0 Å². The van der Waals surface area contributed by atoms with Crippen molar-refractivity contribution >= 4 is 22.8 Å². The Kier molecular flexibility index (Phi) is 4.92. The van der Waals surface area contributed by atoms with Crippen molar-refractivity contribution in [3.05, 3.63) is 29.5 Å². The van der Waals surface area contributed by atoms with Crippen molar-refractivity contribution in [2.45, 2.75) is 39.2 Å². The number of hydrogen-bond acceptors (Lipinski definition) is 7. The maximum Gasteiger partial charge on any atom is 0.451 e. The van der Waals surface area contributed by atoms with Crippen LogP contribution in [0, 0.1) is 19.3 Å². The van der Waals surface area contributed by atoms with Crippen LogP contribution >= 0.6 is 0 Å². The van der Waals surface area contributed by atoms with Gasteiger partial charge in [0.05, 0.1) is 11.9 Å². The van der Waals surface area contributed by atoms with Crippen LogP contribution in [0.15, 0.2) is 12.3 Å². The molecule has 0 N–H and O–H groups in total. The SMILES string of the molecule is Cc1cc(N2CC3(CCN(c4cnc5c(C)nn(CC(F)(F)F)c5n4)C3)C2)nc(C(F)(F)F)n1. The first-order valence-electron chi connectivity index (χ1n) is 10.5. The van der Waals surface area contributed by atoms with Gasteiger partial charge in [0, 0.05) is 43.4 Å². The molecule has 2 saturated heterocycles. The smallest absolute Gasteiger partial charge is 0.355 e. The Labute approximate surface area is 189 Å².